The van der Waals surface area contributed by atoms with Gasteiger partial charge < -0.3 is 0 Å². The van der Waals surface area contributed by atoms with Gasteiger partial charge >= 0.3 is 0 Å². The van der Waals surface area contributed by atoms with Crippen molar-refractivity contribution in [2.45, 2.75) is 83.1 Å². The number of benzene rings is 3. The van der Waals surface area contributed by atoms with Crippen LogP contribution in [0, 0.1) is 0 Å². The highest BCUT2D eigenvalue weighted by Gasteiger charge is 2.44. The lowest BCUT2D eigenvalue weighted by molar-refractivity contribution is 0.0666. The number of fused-ring (bicyclic) bond motifs is 3. The van der Waals surface area contributed by atoms with Crippen LogP contribution >= 0.6 is 0 Å². The minimum absolute atomic E-state index is 0.000653. The van der Waals surface area contributed by atoms with E-state index >= 15 is 0 Å². The number of rotatable bonds is 12. The number of nitrogens with zero attached hydrogens (tertiary/aromatic N) is 1. The first-order chi connectivity index (χ1) is 17.4. The van der Waals surface area contributed by atoms with E-state index in [1.54, 1.807) is 0 Å². The summed E-state index contributed by atoms with van der Waals surface area (Å²) in [5, 5.41) is 0. The molecule has 190 valence electrons. The largest absolute Gasteiger partial charge is 0.297 e. The number of unbranched alkanes of at least 4 members (excludes halogenated alkanes) is 2. The fourth-order valence-corrected chi connectivity index (χ4v) is 6.46. The Kier molecular flexibility index (Phi) is 8.15. The lowest BCUT2D eigenvalue weighted by Crippen LogP contribution is -2.52. The van der Waals surface area contributed by atoms with E-state index in [-0.39, 0.29) is 11.2 Å². The highest BCUT2D eigenvalue weighted by molar-refractivity contribution is 6.04. The Balaban J connectivity index is 1.84. The second-order valence-corrected chi connectivity index (χ2v) is 10.9. The maximum absolute atomic E-state index is 14.4. The molecule has 36 heavy (non-hydrogen) atoms. The second kappa shape index (κ2) is 11.1. The number of carbonyl (C=O) groups is 1. The fraction of sp³-hybridized carbons (Fsp3) is 0.441. The summed E-state index contributed by atoms with van der Waals surface area (Å²) in [4.78, 5) is 16.6. The van der Waals surface area contributed by atoms with Gasteiger partial charge in [0.1, 0.15) is 0 Å². The third kappa shape index (κ3) is 4.57. The van der Waals surface area contributed by atoms with Crippen molar-refractivity contribution in [2.24, 2.45) is 0 Å². The van der Waals surface area contributed by atoms with Crippen molar-refractivity contribution in [2.75, 3.05) is 14.1 Å². The highest BCUT2D eigenvalue weighted by Crippen LogP contribution is 2.54. The molecule has 3 aromatic rings. The first-order valence-electron chi connectivity index (χ1n) is 13.9. The summed E-state index contributed by atoms with van der Waals surface area (Å²) in [5.74, 6) is 0.234. The molecule has 0 bridgehead atoms. The topological polar surface area (TPSA) is 20.3 Å². The zero-order valence-corrected chi connectivity index (χ0v) is 22.9. The molecule has 0 amide bonds. The van der Waals surface area contributed by atoms with E-state index in [1.165, 1.54) is 53.5 Å². The minimum atomic E-state index is -0.573. The number of hydrogen-bond acceptors (Lipinski definition) is 2. The molecule has 4 rings (SSSR count). The van der Waals surface area contributed by atoms with Crippen molar-refractivity contribution in [1.82, 2.24) is 4.90 Å². The van der Waals surface area contributed by atoms with E-state index in [9.17, 15) is 4.79 Å². The number of hydrogen-bond donors (Lipinski definition) is 0. The van der Waals surface area contributed by atoms with Crippen LogP contribution in [-0.4, -0.2) is 30.3 Å². The molecule has 0 saturated heterocycles. The molecule has 3 aromatic carbocycles. The molecule has 0 radical (unpaired) electrons. The smallest absolute Gasteiger partial charge is 0.183 e. The van der Waals surface area contributed by atoms with Gasteiger partial charge in [-0.15, -0.1) is 0 Å². The molecule has 0 saturated carbocycles. The normalized spacial score (nSPS) is 15.4. The first-order valence-corrected chi connectivity index (χ1v) is 13.9. The molecule has 0 aromatic heterocycles. The molecular formula is C34H43NO. The summed E-state index contributed by atoms with van der Waals surface area (Å²) in [6.07, 6.45) is 8.51. The Morgan fingerprint density at radius 1 is 0.778 bits per heavy atom. The lowest BCUT2D eigenvalue weighted by atomic mass is 9.70. The van der Waals surface area contributed by atoms with Gasteiger partial charge in [0.15, 0.2) is 5.78 Å². The third-order valence-corrected chi connectivity index (χ3v) is 8.65. The third-order valence-electron chi connectivity index (χ3n) is 8.65. The Morgan fingerprint density at radius 2 is 1.39 bits per heavy atom. The van der Waals surface area contributed by atoms with E-state index < -0.39 is 5.54 Å². The molecule has 0 heterocycles. The molecule has 1 atom stereocenters. The summed E-state index contributed by atoms with van der Waals surface area (Å²) in [7, 11) is 4.11. The standard InChI is InChI=1S/C34H43NO/c1-6-9-22-33(23-10-7-2)30-19-15-14-18-28(30)29-21-20-27(24-31(29)33)32(36)34(8-3,35(4)5)25-26-16-12-11-13-17-26/h11-21,24H,6-10,22-23,25H2,1-5H3. The van der Waals surface area contributed by atoms with Crippen molar-refractivity contribution in [3.05, 3.63) is 95.1 Å². The monoisotopic (exact) mass is 481 g/mol. The Bertz CT molecular complexity index is 1170. The van der Waals surface area contributed by atoms with Crippen molar-refractivity contribution in [3.8, 4) is 11.1 Å². The Labute approximate surface area is 218 Å². The molecule has 1 unspecified atom stereocenters. The number of carbonyl (C=O) groups excluding carboxylic acids is 1. The molecule has 0 spiro atoms. The molecule has 0 fully saturated rings. The van der Waals surface area contributed by atoms with Gasteiger partial charge in [-0.2, -0.15) is 0 Å². The molecule has 1 aliphatic carbocycles. The van der Waals surface area contributed by atoms with E-state index in [0.29, 0.717) is 6.42 Å². The van der Waals surface area contributed by atoms with Gasteiger partial charge in [0.25, 0.3) is 0 Å². The van der Waals surface area contributed by atoms with Crippen LogP contribution in [0.5, 0.6) is 0 Å². The second-order valence-electron chi connectivity index (χ2n) is 10.9. The van der Waals surface area contributed by atoms with Gasteiger partial charge in [-0.3, -0.25) is 9.69 Å². The van der Waals surface area contributed by atoms with Gasteiger partial charge in [0.2, 0.25) is 0 Å². The van der Waals surface area contributed by atoms with Crippen LogP contribution in [0.4, 0.5) is 0 Å². The van der Waals surface area contributed by atoms with Gasteiger partial charge in [-0.1, -0.05) is 113 Å². The molecule has 0 N–H and O–H groups in total. The van der Waals surface area contributed by atoms with Gasteiger partial charge in [0, 0.05) is 11.0 Å². The van der Waals surface area contributed by atoms with Crippen LogP contribution in [0.25, 0.3) is 11.1 Å². The minimum Gasteiger partial charge on any atom is -0.297 e. The van der Waals surface area contributed by atoms with Crippen molar-refractivity contribution in [1.29, 1.82) is 0 Å². The quantitative estimate of drug-likeness (QED) is 0.242. The Morgan fingerprint density at radius 3 is 2.00 bits per heavy atom. The van der Waals surface area contributed by atoms with Gasteiger partial charge in [-0.25, -0.2) is 0 Å². The predicted molar refractivity (Wildman–Crippen MR) is 153 cm³/mol. The summed E-state index contributed by atoms with van der Waals surface area (Å²) in [5.41, 5.74) is 7.00. The lowest BCUT2D eigenvalue weighted by Gasteiger charge is -2.38. The zero-order valence-electron chi connectivity index (χ0n) is 22.9. The van der Waals surface area contributed by atoms with E-state index in [1.807, 2.05) is 6.07 Å². The van der Waals surface area contributed by atoms with Gasteiger partial charge in [-0.05, 0) is 73.7 Å². The summed E-state index contributed by atoms with van der Waals surface area (Å²) in [6, 6.07) is 26.0. The van der Waals surface area contributed by atoms with Crippen molar-refractivity contribution in [3.63, 3.8) is 0 Å². The van der Waals surface area contributed by atoms with Crippen LogP contribution in [0.1, 0.15) is 92.8 Å². The maximum atomic E-state index is 14.4. The highest BCUT2D eigenvalue weighted by atomic mass is 16.1. The fourth-order valence-electron chi connectivity index (χ4n) is 6.46. The SMILES string of the molecule is CCCCC1(CCCC)c2ccccc2-c2ccc(C(=O)C(CC)(Cc3ccccc3)N(C)C)cc21. The molecule has 2 nitrogen and oxygen atoms in total. The summed E-state index contributed by atoms with van der Waals surface area (Å²) < 4.78 is 0. The van der Waals surface area contributed by atoms with Crippen LogP contribution < -0.4 is 0 Å². The number of likely N-dealkylation sites (N-methyl/N-ethyl adjacent to an activating group) is 1. The number of ketones is 1. The maximum Gasteiger partial charge on any atom is 0.183 e. The van der Waals surface area contributed by atoms with E-state index in [2.05, 4.69) is 106 Å². The first kappa shape index (κ1) is 26.4. The average molecular weight is 482 g/mol. The van der Waals surface area contributed by atoms with Crippen LogP contribution in [0.2, 0.25) is 0 Å². The van der Waals surface area contributed by atoms with Crippen molar-refractivity contribution >= 4 is 5.78 Å². The van der Waals surface area contributed by atoms with Crippen LogP contribution in [0.15, 0.2) is 72.8 Å². The van der Waals surface area contributed by atoms with Gasteiger partial charge in [0.05, 0.1) is 5.54 Å². The summed E-state index contributed by atoms with van der Waals surface area (Å²) >= 11 is 0. The predicted octanol–water partition coefficient (Wildman–Crippen LogP) is 8.47. The van der Waals surface area contributed by atoms with E-state index in [4.69, 9.17) is 0 Å². The van der Waals surface area contributed by atoms with Crippen molar-refractivity contribution < 1.29 is 4.79 Å². The van der Waals surface area contributed by atoms with Crippen LogP contribution in [-0.2, 0) is 11.8 Å². The average Bonchev–Trinajstić information content (AvgIpc) is 3.18. The summed E-state index contributed by atoms with van der Waals surface area (Å²) in [6.45, 7) is 6.72. The molecule has 2 heteroatoms. The Hall–Kier alpha value is -2.71. The molecular weight excluding hydrogens is 438 g/mol. The van der Waals surface area contributed by atoms with Crippen LogP contribution in [0.3, 0.4) is 0 Å². The number of Topliss-reactive ketones (excluding diaryl/α,β-unsaturated/α-hetero) is 1. The molecule has 1 aliphatic rings. The molecule has 0 aliphatic heterocycles. The van der Waals surface area contributed by atoms with E-state index in [0.717, 1.165) is 24.8 Å². The zero-order chi connectivity index (χ0) is 25.8.